The van der Waals surface area contributed by atoms with E-state index in [1.165, 1.54) is 15.1 Å². The van der Waals surface area contributed by atoms with Gasteiger partial charge in [0.25, 0.3) is 0 Å². The third kappa shape index (κ3) is 5.47. The molecular formula is C30H26O4S. The second-order valence-electron chi connectivity index (χ2n) is 8.44. The Morgan fingerprint density at radius 3 is 2.46 bits per heavy atom. The minimum absolute atomic E-state index is 0.250. The van der Waals surface area contributed by atoms with Crippen LogP contribution in [0.4, 0.5) is 0 Å². The number of hydrogen-bond acceptors (Lipinski definition) is 5. The van der Waals surface area contributed by atoms with Crippen LogP contribution in [0.25, 0.3) is 20.5 Å². The van der Waals surface area contributed by atoms with Gasteiger partial charge in [-0.1, -0.05) is 78.6 Å². The van der Waals surface area contributed by atoms with Crippen molar-refractivity contribution >= 4 is 27.4 Å². The normalized spacial score (nSPS) is 19.6. The van der Waals surface area contributed by atoms with E-state index in [4.69, 9.17) is 14.2 Å². The van der Waals surface area contributed by atoms with Gasteiger partial charge in [-0.15, -0.1) is 11.3 Å². The second kappa shape index (κ2) is 10.9. The highest BCUT2D eigenvalue weighted by molar-refractivity contribution is 7.22. The lowest BCUT2D eigenvalue weighted by Crippen LogP contribution is -2.40. The first-order valence-electron chi connectivity index (χ1n) is 11.8. The summed E-state index contributed by atoms with van der Waals surface area (Å²) in [5, 5.41) is 1.16. The highest BCUT2D eigenvalue weighted by Gasteiger charge is 2.31. The van der Waals surface area contributed by atoms with Crippen molar-refractivity contribution in [3.8, 4) is 22.3 Å². The number of ether oxygens (including phenoxy) is 3. The number of carbonyl (C=O) groups excluding carboxylic acids is 1. The van der Waals surface area contributed by atoms with Gasteiger partial charge >= 0.3 is 5.97 Å². The van der Waals surface area contributed by atoms with Crippen LogP contribution in [-0.2, 0) is 14.2 Å². The Kier molecular flexibility index (Phi) is 7.25. The van der Waals surface area contributed by atoms with E-state index < -0.39 is 0 Å². The fourth-order valence-corrected chi connectivity index (χ4v) is 5.37. The summed E-state index contributed by atoms with van der Waals surface area (Å²) in [6.07, 6.45) is 0.429. The van der Waals surface area contributed by atoms with E-state index in [9.17, 15) is 4.79 Å². The first kappa shape index (κ1) is 23.3. The standard InChI is InChI=1S/C30H26O4S/c1-21-26(34-30(31)23-13-6-3-7-14-23)18-19-28(33-21)32-20-10-16-25-24-15-8-9-17-27(24)35-29(25)22-11-4-2-5-12-22/h2-9,11-15,17,21,26,28H,18-20H2,1H3/t21-,26-,28+/m0/s1. The zero-order chi connectivity index (χ0) is 24.0. The largest absolute Gasteiger partial charge is 0.456 e. The van der Waals surface area contributed by atoms with Gasteiger partial charge in [0.1, 0.15) is 12.7 Å². The Balaban J connectivity index is 1.20. The zero-order valence-corrected chi connectivity index (χ0v) is 20.3. The molecule has 3 atom stereocenters. The van der Waals surface area contributed by atoms with E-state index in [1.54, 1.807) is 23.5 Å². The van der Waals surface area contributed by atoms with Gasteiger partial charge in [-0.05, 0) is 37.1 Å². The van der Waals surface area contributed by atoms with E-state index in [1.807, 2.05) is 49.4 Å². The van der Waals surface area contributed by atoms with E-state index >= 15 is 0 Å². The van der Waals surface area contributed by atoms with Gasteiger partial charge in [0, 0.05) is 16.5 Å². The Hall–Kier alpha value is -3.43. The van der Waals surface area contributed by atoms with Crippen molar-refractivity contribution in [2.45, 2.75) is 38.3 Å². The first-order valence-corrected chi connectivity index (χ1v) is 12.6. The second-order valence-corrected chi connectivity index (χ2v) is 9.49. The smallest absolute Gasteiger partial charge is 0.338 e. The van der Waals surface area contributed by atoms with Crippen LogP contribution in [0.3, 0.4) is 0 Å². The maximum absolute atomic E-state index is 12.4. The van der Waals surface area contributed by atoms with Crippen LogP contribution < -0.4 is 0 Å². The van der Waals surface area contributed by atoms with E-state index in [-0.39, 0.29) is 31.1 Å². The Bertz CT molecular complexity index is 1350. The van der Waals surface area contributed by atoms with Gasteiger partial charge in [0.05, 0.1) is 22.1 Å². The molecule has 1 fully saturated rings. The first-order chi connectivity index (χ1) is 17.2. The Morgan fingerprint density at radius 2 is 1.69 bits per heavy atom. The summed E-state index contributed by atoms with van der Waals surface area (Å²) in [7, 11) is 0. The lowest BCUT2D eigenvalue weighted by Gasteiger charge is -2.33. The summed E-state index contributed by atoms with van der Waals surface area (Å²) < 4.78 is 18.8. The molecular weight excluding hydrogens is 456 g/mol. The molecule has 4 aromatic rings. The monoisotopic (exact) mass is 482 g/mol. The van der Waals surface area contributed by atoms with Crippen molar-refractivity contribution < 1.29 is 19.0 Å². The van der Waals surface area contributed by atoms with Crippen LogP contribution >= 0.6 is 11.3 Å². The lowest BCUT2D eigenvalue weighted by atomic mass is 10.1. The molecule has 0 amide bonds. The number of benzene rings is 3. The minimum Gasteiger partial charge on any atom is -0.456 e. The number of hydrogen-bond donors (Lipinski definition) is 0. The third-order valence-electron chi connectivity index (χ3n) is 6.03. The molecule has 0 aliphatic carbocycles. The highest BCUT2D eigenvalue weighted by atomic mass is 32.1. The van der Waals surface area contributed by atoms with E-state index in [0.29, 0.717) is 18.4 Å². The fourth-order valence-electron chi connectivity index (χ4n) is 4.21. The summed E-state index contributed by atoms with van der Waals surface area (Å²) in [5.41, 5.74) is 2.75. The molecule has 0 bridgehead atoms. The molecule has 176 valence electrons. The van der Waals surface area contributed by atoms with Gasteiger partial charge in [-0.2, -0.15) is 0 Å². The maximum atomic E-state index is 12.4. The van der Waals surface area contributed by atoms with Crippen LogP contribution in [0.2, 0.25) is 0 Å². The Morgan fingerprint density at radius 1 is 0.971 bits per heavy atom. The molecule has 0 radical (unpaired) electrons. The Labute approximate surface area is 209 Å². The molecule has 1 aliphatic rings. The van der Waals surface area contributed by atoms with Crippen LogP contribution in [0.1, 0.15) is 35.7 Å². The number of thiophene rings is 1. The van der Waals surface area contributed by atoms with Gasteiger partial charge in [-0.3, -0.25) is 0 Å². The summed E-state index contributed by atoms with van der Waals surface area (Å²) in [6.45, 7) is 2.18. The van der Waals surface area contributed by atoms with Crippen molar-refractivity contribution in [1.29, 1.82) is 0 Å². The van der Waals surface area contributed by atoms with Crippen molar-refractivity contribution in [3.05, 3.63) is 96.1 Å². The number of carbonyl (C=O) groups is 1. The molecule has 0 saturated carbocycles. The topological polar surface area (TPSA) is 44.8 Å². The summed E-state index contributed by atoms with van der Waals surface area (Å²) in [6, 6.07) is 27.7. The molecule has 0 N–H and O–H groups in total. The molecule has 1 saturated heterocycles. The molecule has 3 aromatic carbocycles. The zero-order valence-electron chi connectivity index (χ0n) is 19.5. The van der Waals surface area contributed by atoms with E-state index in [2.05, 4.69) is 42.2 Å². The average molecular weight is 483 g/mol. The number of esters is 1. The average Bonchev–Trinajstić information content (AvgIpc) is 3.27. The number of rotatable bonds is 5. The third-order valence-corrected chi connectivity index (χ3v) is 7.25. The van der Waals surface area contributed by atoms with Crippen molar-refractivity contribution in [1.82, 2.24) is 0 Å². The van der Waals surface area contributed by atoms with Crippen molar-refractivity contribution in [2.24, 2.45) is 0 Å². The quantitative estimate of drug-likeness (QED) is 0.235. The molecule has 2 heterocycles. The van der Waals surface area contributed by atoms with Crippen LogP contribution in [0, 0.1) is 11.8 Å². The van der Waals surface area contributed by atoms with Crippen LogP contribution in [-0.4, -0.2) is 31.1 Å². The number of fused-ring (bicyclic) bond motifs is 1. The van der Waals surface area contributed by atoms with Gasteiger partial charge < -0.3 is 14.2 Å². The van der Waals surface area contributed by atoms with Crippen LogP contribution in [0.15, 0.2) is 84.9 Å². The molecule has 0 spiro atoms. The highest BCUT2D eigenvalue weighted by Crippen LogP contribution is 2.38. The summed E-state index contributed by atoms with van der Waals surface area (Å²) in [4.78, 5) is 13.5. The lowest BCUT2D eigenvalue weighted by molar-refractivity contribution is -0.212. The van der Waals surface area contributed by atoms with Gasteiger partial charge in [0.15, 0.2) is 6.29 Å². The minimum atomic E-state index is -0.362. The SMILES string of the molecule is C[C@@H]1O[C@@H](OCC#Cc2c(-c3ccccc3)sc3ccccc23)CC[C@@H]1OC(=O)c1ccccc1. The predicted octanol–water partition coefficient (Wildman–Crippen LogP) is 6.69. The van der Waals surface area contributed by atoms with Crippen LogP contribution in [0.5, 0.6) is 0 Å². The maximum Gasteiger partial charge on any atom is 0.338 e. The summed E-state index contributed by atoms with van der Waals surface area (Å²) in [5.74, 6) is 6.21. The van der Waals surface area contributed by atoms with Gasteiger partial charge in [-0.25, -0.2) is 4.79 Å². The molecule has 35 heavy (non-hydrogen) atoms. The molecule has 5 heteroatoms. The van der Waals surface area contributed by atoms with Gasteiger partial charge in [0.2, 0.25) is 0 Å². The van der Waals surface area contributed by atoms with E-state index in [0.717, 1.165) is 10.9 Å². The fraction of sp³-hybridized carbons (Fsp3) is 0.233. The molecule has 0 unspecified atom stereocenters. The summed E-state index contributed by atoms with van der Waals surface area (Å²) >= 11 is 1.76. The van der Waals surface area contributed by atoms with Crippen molar-refractivity contribution in [2.75, 3.05) is 6.61 Å². The predicted molar refractivity (Wildman–Crippen MR) is 139 cm³/mol. The molecule has 4 nitrogen and oxygen atoms in total. The molecule has 1 aliphatic heterocycles. The van der Waals surface area contributed by atoms with Crippen molar-refractivity contribution in [3.63, 3.8) is 0 Å². The molecule has 1 aromatic heterocycles. The molecule has 5 rings (SSSR count).